The van der Waals surface area contributed by atoms with Crippen LogP contribution in [0.5, 0.6) is 0 Å². The van der Waals surface area contributed by atoms with E-state index < -0.39 is 15.1 Å². The van der Waals surface area contributed by atoms with E-state index in [0.29, 0.717) is 6.54 Å². The molecule has 1 amide bonds. The van der Waals surface area contributed by atoms with E-state index >= 15 is 0 Å². The Kier molecular flexibility index (Phi) is 4.24. The van der Waals surface area contributed by atoms with Gasteiger partial charge in [-0.3, -0.25) is 10.1 Å². The molecule has 2 heterocycles. The van der Waals surface area contributed by atoms with Gasteiger partial charge in [0.1, 0.15) is 5.25 Å². The topological polar surface area (TPSA) is 66.5 Å². The Morgan fingerprint density at radius 3 is 2.71 bits per heavy atom. The monoisotopic (exact) mass is 326 g/mol. The van der Waals surface area contributed by atoms with Crippen molar-refractivity contribution in [3.63, 3.8) is 0 Å². The lowest BCUT2D eigenvalue weighted by Crippen LogP contribution is -2.51. The standard InChI is InChI=1S/C14H18N2O3S2/c17-14(12-9-20-10-15-12)16-6-7-21(18,19)13(8-16)11-4-2-1-3-5-11/h1-5,12-13,15H,6-10H2. The first-order valence-electron chi connectivity index (χ1n) is 6.94. The Labute approximate surface area is 129 Å². The van der Waals surface area contributed by atoms with Crippen LogP contribution in [0, 0.1) is 0 Å². The molecule has 2 aliphatic heterocycles. The summed E-state index contributed by atoms with van der Waals surface area (Å²) in [4.78, 5) is 14.1. The normalized spacial score (nSPS) is 28.5. The Morgan fingerprint density at radius 1 is 1.29 bits per heavy atom. The maximum absolute atomic E-state index is 12.4. The van der Waals surface area contributed by atoms with Crippen LogP contribution in [0.25, 0.3) is 0 Å². The SMILES string of the molecule is O=C(C1CSCN1)N1CCS(=O)(=O)C(c2ccccc2)C1. The van der Waals surface area contributed by atoms with Gasteiger partial charge in [-0.15, -0.1) is 11.8 Å². The fourth-order valence-electron chi connectivity index (χ4n) is 2.74. The van der Waals surface area contributed by atoms with E-state index in [9.17, 15) is 13.2 Å². The smallest absolute Gasteiger partial charge is 0.240 e. The summed E-state index contributed by atoms with van der Waals surface area (Å²) < 4.78 is 24.6. The van der Waals surface area contributed by atoms with Crippen molar-refractivity contribution in [2.75, 3.05) is 30.5 Å². The number of sulfone groups is 1. The minimum Gasteiger partial charge on any atom is -0.339 e. The van der Waals surface area contributed by atoms with Crippen LogP contribution >= 0.6 is 11.8 Å². The molecule has 2 fully saturated rings. The van der Waals surface area contributed by atoms with Crippen molar-refractivity contribution in [1.82, 2.24) is 10.2 Å². The lowest BCUT2D eigenvalue weighted by atomic mass is 10.1. The van der Waals surface area contributed by atoms with Gasteiger partial charge in [-0.05, 0) is 5.56 Å². The number of hydrogen-bond acceptors (Lipinski definition) is 5. The summed E-state index contributed by atoms with van der Waals surface area (Å²) in [6, 6.07) is 9.00. The summed E-state index contributed by atoms with van der Waals surface area (Å²) >= 11 is 1.69. The highest BCUT2D eigenvalue weighted by atomic mass is 32.2. The van der Waals surface area contributed by atoms with Gasteiger partial charge in [0.2, 0.25) is 5.91 Å². The Morgan fingerprint density at radius 2 is 2.05 bits per heavy atom. The Bertz CT molecular complexity index is 612. The molecule has 0 radical (unpaired) electrons. The molecule has 0 aliphatic carbocycles. The number of benzene rings is 1. The van der Waals surface area contributed by atoms with Gasteiger partial charge in [-0.1, -0.05) is 30.3 Å². The maximum atomic E-state index is 12.4. The fraction of sp³-hybridized carbons (Fsp3) is 0.500. The second-order valence-electron chi connectivity index (χ2n) is 5.32. The maximum Gasteiger partial charge on any atom is 0.240 e. The molecule has 0 bridgehead atoms. The molecule has 2 saturated heterocycles. The van der Waals surface area contributed by atoms with Crippen LogP contribution in [0.3, 0.4) is 0 Å². The predicted molar refractivity (Wildman–Crippen MR) is 83.8 cm³/mol. The van der Waals surface area contributed by atoms with Crippen LogP contribution in [0.2, 0.25) is 0 Å². The van der Waals surface area contributed by atoms with Gasteiger partial charge in [-0.25, -0.2) is 8.42 Å². The summed E-state index contributed by atoms with van der Waals surface area (Å²) in [5.41, 5.74) is 0.767. The molecular formula is C14H18N2O3S2. The molecule has 7 heteroatoms. The summed E-state index contributed by atoms with van der Waals surface area (Å²) in [5.74, 6) is 1.61. The Balaban J connectivity index is 1.80. The van der Waals surface area contributed by atoms with Gasteiger partial charge in [0.25, 0.3) is 0 Å². The molecule has 0 spiro atoms. The van der Waals surface area contributed by atoms with Crippen LogP contribution in [-0.2, 0) is 14.6 Å². The highest BCUT2D eigenvalue weighted by Gasteiger charge is 2.38. The number of rotatable bonds is 2. The highest BCUT2D eigenvalue weighted by Crippen LogP contribution is 2.28. The van der Waals surface area contributed by atoms with Gasteiger partial charge in [0.05, 0.1) is 11.8 Å². The highest BCUT2D eigenvalue weighted by molar-refractivity contribution is 7.99. The van der Waals surface area contributed by atoms with Crippen LogP contribution in [0.15, 0.2) is 30.3 Å². The predicted octanol–water partition coefficient (Wildman–Crippen LogP) is 0.647. The van der Waals surface area contributed by atoms with Gasteiger partial charge in [0.15, 0.2) is 9.84 Å². The third-order valence-corrected chi connectivity index (χ3v) is 6.94. The Hall–Kier alpha value is -1.05. The largest absolute Gasteiger partial charge is 0.339 e. The van der Waals surface area contributed by atoms with E-state index in [1.54, 1.807) is 16.7 Å². The van der Waals surface area contributed by atoms with Crippen molar-refractivity contribution >= 4 is 27.5 Å². The molecular weight excluding hydrogens is 308 g/mol. The van der Waals surface area contributed by atoms with Crippen LogP contribution < -0.4 is 5.32 Å². The number of thioether (sulfide) groups is 1. The quantitative estimate of drug-likeness (QED) is 0.864. The van der Waals surface area contributed by atoms with Crippen LogP contribution in [0.4, 0.5) is 0 Å². The average Bonchev–Trinajstić information content (AvgIpc) is 3.01. The molecule has 1 N–H and O–H groups in total. The van der Waals surface area contributed by atoms with E-state index in [-0.39, 0.29) is 24.2 Å². The summed E-state index contributed by atoms with van der Waals surface area (Å²) in [5, 5.41) is 2.55. The molecule has 5 nitrogen and oxygen atoms in total. The zero-order valence-electron chi connectivity index (χ0n) is 11.6. The molecule has 1 aromatic rings. The van der Waals surface area contributed by atoms with Crippen LogP contribution in [0.1, 0.15) is 10.8 Å². The van der Waals surface area contributed by atoms with Gasteiger partial charge in [0, 0.05) is 24.7 Å². The molecule has 3 rings (SSSR count). The van der Waals surface area contributed by atoms with Gasteiger partial charge in [-0.2, -0.15) is 0 Å². The molecule has 1 aromatic carbocycles. The van der Waals surface area contributed by atoms with Crippen molar-refractivity contribution in [2.45, 2.75) is 11.3 Å². The minimum atomic E-state index is -3.19. The summed E-state index contributed by atoms with van der Waals surface area (Å²) in [6.07, 6.45) is 0. The lowest BCUT2D eigenvalue weighted by molar-refractivity contribution is -0.132. The van der Waals surface area contributed by atoms with Crippen molar-refractivity contribution in [2.24, 2.45) is 0 Å². The minimum absolute atomic E-state index is 0.0239. The molecule has 21 heavy (non-hydrogen) atoms. The van der Waals surface area contributed by atoms with E-state index in [4.69, 9.17) is 0 Å². The molecule has 2 aliphatic rings. The van der Waals surface area contributed by atoms with Crippen LogP contribution in [-0.4, -0.2) is 55.7 Å². The number of hydrogen-bond donors (Lipinski definition) is 1. The first-order valence-corrected chi connectivity index (χ1v) is 9.81. The summed E-state index contributed by atoms with van der Waals surface area (Å²) in [6.45, 7) is 0.557. The number of amides is 1. The zero-order chi connectivity index (χ0) is 14.9. The fourth-order valence-corrected chi connectivity index (χ4v) is 5.41. The van der Waals surface area contributed by atoms with Crippen molar-refractivity contribution in [3.05, 3.63) is 35.9 Å². The zero-order valence-corrected chi connectivity index (χ0v) is 13.2. The van der Waals surface area contributed by atoms with E-state index in [2.05, 4.69) is 5.32 Å². The summed E-state index contributed by atoms with van der Waals surface area (Å²) in [7, 11) is -3.19. The van der Waals surface area contributed by atoms with Gasteiger partial charge >= 0.3 is 0 Å². The molecule has 114 valence electrons. The number of carbonyl (C=O) groups excluding carboxylic acids is 1. The average molecular weight is 326 g/mol. The van der Waals surface area contributed by atoms with E-state index in [1.807, 2.05) is 30.3 Å². The van der Waals surface area contributed by atoms with Crippen molar-refractivity contribution in [3.8, 4) is 0 Å². The second kappa shape index (κ2) is 5.98. The molecule has 2 unspecified atom stereocenters. The number of nitrogens with zero attached hydrogens (tertiary/aromatic N) is 1. The van der Waals surface area contributed by atoms with E-state index in [0.717, 1.165) is 17.2 Å². The van der Waals surface area contributed by atoms with E-state index in [1.165, 1.54) is 0 Å². The molecule has 0 aromatic heterocycles. The number of carbonyl (C=O) groups is 1. The second-order valence-corrected chi connectivity index (χ2v) is 8.66. The van der Waals surface area contributed by atoms with Crippen molar-refractivity contribution in [1.29, 1.82) is 0 Å². The van der Waals surface area contributed by atoms with Gasteiger partial charge < -0.3 is 4.90 Å². The molecule has 2 atom stereocenters. The van der Waals surface area contributed by atoms with Crippen molar-refractivity contribution < 1.29 is 13.2 Å². The third kappa shape index (κ3) is 3.09. The first kappa shape index (κ1) is 14.9. The third-order valence-electron chi connectivity index (χ3n) is 3.96. The lowest BCUT2D eigenvalue weighted by Gasteiger charge is -2.34. The first-order chi connectivity index (χ1) is 10.1. The molecule has 0 saturated carbocycles. The number of nitrogens with one attached hydrogen (secondary N) is 1.